The van der Waals surface area contributed by atoms with Crippen LogP contribution in [0.3, 0.4) is 0 Å². The van der Waals surface area contributed by atoms with Crippen molar-refractivity contribution in [3.63, 3.8) is 0 Å². The van der Waals surface area contributed by atoms with Crippen LogP contribution in [0.25, 0.3) is 0 Å². The van der Waals surface area contributed by atoms with Crippen molar-refractivity contribution in [2.24, 2.45) is 5.92 Å². The number of anilines is 1. The molecule has 1 aromatic carbocycles. The number of carbonyl (C=O) groups excluding carboxylic acids is 1. The molecule has 2 heterocycles. The molecule has 0 radical (unpaired) electrons. The van der Waals surface area contributed by atoms with Gasteiger partial charge in [0.1, 0.15) is 5.82 Å². The molecule has 0 saturated carbocycles. The topological polar surface area (TPSA) is 44.4 Å². The number of benzene rings is 1. The SMILES string of the molecule is O=C(CN1CCCC2CNCC21)Nc1ccc(Cl)cc1F. The number of hydrogen-bond acceptors (Lipinski definition) is 3. The van der Waals surface area contributed by atoms with E-state index < -0.39 is 5.82 Å². The number of nitrogens with one attached hydrogen (secondary N) is 2. The number of carbonyl (C=O) groups is 1. The quantitative estimate of drug-likeness (QED) is 0.898. The predicted molar refractivity (Wildman–Crippen MR) is 81.0 cm³/mol. The van der Waals surface area contributed by atoms with Crippen molar-refractivity contribution in [3.05, 3.63) is 29.0 Å². The molecule has 0 spiro atoms. The third kappa shape index (κ3) is 3.36. The summed E-state index contributed by atoms with van der Waals surface area (Å²) in [4.78, 5) is 14.3. The summed E-state index contributed by atoms with van der Waals surface area (Å²) in [5.74, 6) is -0.0440. The second-order valence-electron chi connectivity index (χ2n) is 5.77. The maximum Gasteiger partial charge on any atom is 0.238 e. The minimum atomic E-state index is -0.505. The smallest absolute Gasteiger partial charge is 0.238 e. The minimum Gasteiger partial charge on any atom is -0.322 e. The first-order chi connectivity index (χ1) is 10.1. The number of piperidine rings is 1. The number of amides is 1. The molecule has 0 aliphatic carbocycles. The van der Waals surface area contributed by atoms with Crippen LogP contribution in [0.15, 0.2) is 18.2 Å². The monoisotopic (exact) mass is 311 g/mol. The van der Waals surface area contributed by atoms with Crippen molar-refractivity contribution in [2.75, 3.05) is 31.5 Å². The standard InChI is InChI=1S/C15H19ClFN3O/c16-11-3-4-13(12(17)6-11)19-15(21)9-20-5-1-2-10-7-18-8-14(10)20/h3-4,6,10,14,18H,1-2,5,7-9H2,(H,19,21). The largest absolute Gasteiger partial charge is 0.322 e. The number of hydrogen-bond donors (Lipinski definition) is 2. The zero-order valence-electron chi connectivity index (χ0n) is 11.7. The third-order valence-corrected chi connectivity index (χ3v) is 4.58. The van der Waals surface area contributed by atoms with Gasteiger partial charge >= 0.3 is 0 Å². The van der Waals surface area contributed by atoms with Gasteiger partial charge < -0.3 is 10.6 Å². The van der Waals surface area contributed by atoms with Gasteiger partial charge in [-0.3, -0.25) is 9.69 Å². The van der Waals surface area contributed by atoms with Crippen molar-refractivity contribution in [1.29, 1.82) is 0 Å². The second kappa shape index (κ2) is 6.30. The van der Waals surface area contributed by atoms with E-state index in [0.29, 0.717) is 23.5 Å². The number of fused-ring (bicyclic) bond motifs is 1. The first kappa shape index (κ1) is 14.8. The van der Waals surface area contributed by atoms with E-state index in [1.165, 1.54) is 18.6 Å². The van der Waals surface area contributed by atoms with Crippen LogP contribution < -0.4 is 10.6 Å². The fourth-order valence-electron chi connectivity index (χ4n) is 3.32. The summed E-state index contributed by atoms with van der Waals surface area (Å²) in [5.41, 5.74) is 0.183. The zero-order chi connectivity index (χ0) is 14.8. The molecular formula is C15H19ClFN3O. The van der Waals surface area contributed by atoms with E-state index in [1.807, 2.05) is 0 Å². The predicted octanol–water partition coefficient (Wildman–Crippen LogP) is 2.10. The molecule has 2 atom stereocenters. The molecular weight excluding hydrogens is 293 g/mol. The number of likely N-dealkylation sites (tertiary alicyclic amines) is 1. The van der Waals surface area contributed by atoms with E-state index in [2.05, 4.69) is 15.5 Å². The molecule has 2 unspecified atom stereocenters. The van der Waals surface area contributed by atoms with Gasteiger partial charge in [-0.05, 0) is 50.0 Å². The Morgan fingerprint density at radius 2 is 2.33 bits per heavy atom. The molecule has 1 aromatic rings. The number of nitrogens with zero attached hydrogens (tertiary/aromatic N) is 1. The average molecular weight is 312 g/mol. The first-order valence-electron chi connectivity index (χ1n) is 7.33. The Bertz CT molecular complexity index is 540. The van der Waals surface area contributed by atoms with Gasteiger partial charge in [0.2, 0.25) is 5.91 Å². The molecule has 3 rings (SSSR count). The van der Waals surface area contributed by atoms with Crippen molar-refractivity contribution < 1.29 is 9.18 Å². The van der Waals surface area contributed by atoms with Crippen LogP contribution in [0.2, 0.25) is 5.02 Å². The molecule has 0 bridgehead atoms. The van der Waals surface area contributed by atoms with Gasteiger partial charge in [-0.15, -0.1) is 0 Å². The van der Waals surface area contributed by atoms with Gasteiger partial charge in [-0.25, -0.2) is 4.39 Å². The highest BCUT2D eigenvalue weighted by Gasteiger charge is 2.35. The van der Waals surface area contributed by atoms with E-state index in [1.54, 1.807) is 6.07 Å². The third-order valence-electron chi connectivity index (χ3n) is 4.35. The fraction of sp³-hybridized carbons (Fsp3) is 0.533. The molecule has 2 aliphatic rings. The van der Waals surface area contributed by atoms with Crippen LogP contribution in [0, 0.1) is 11.7 Å². The van der Waals surface area contributed by atoms with E-state index in [0.717, 1.165) is 26.1 Å². The molecule has 21 heavy (non-hydrogen) atoms. The van der Waals surface area contributed by atoms with Gasteiger partial charge in [0.05, 0.1) is 12.2 Å². The molecule has 6 heteroatoms. The molecule has 114 valence electrons. The van der Waals surface area contributed by atoms with Crippen LogP contribution >= 0.6 is 11.6 Å². The highest BCUT2D eigenvalue weighted by atomic mass is 35.5. The lowest BCUT2D eigenvalue weighted by Gasteiger charge is -2.36. The summed E-state index contributed by atoms with van der Waals surface area (Å²) in [6.45, 7) is 3.21. The first-order valence-corrected chi connectivity index (χ1v) is 7.71. The van der Waals surface area contributed by atoms with Gasteiger partial charge in [0, 0.05) is 17.6 Å². The van der Waals surface area contributed by atoms with Gasteiger partial charge in [-0.1, -0.05) is 11.6 Å². The van der Waals surface area contributed by atoms with Crippen molar-refractivity contribution in [2.45, 2.75) is 18.9 Å². The molecule has 2 N–H and O–H groups in total. The lowest BCUT2D eigenvalue weighted by molar-refractivity contribution is -0.118. The maximum absolute atomic E-state index is 13.7. The molecule has 0 aromatic heterocycles. The summed E-state index contributed by atoms with van der Waals surface area (Å²) in [7, 11) is 0. The van der Waals surface area contributed by atoms with E-state index >= 15 is 0 Å². The summed E-state index contributed by atoms with van der Waals surface area (Å²) in [5, 5.41) is 6.34. The van der Waals surface area contributed by atoms with Crippen molar-refractivity contribution in [3.8, 4) is 0 Å². The Hall–Kier alpha value is -1.17. The normalized spacial score (nSPS) is 25.6. The van der Waals surface area contributed by atoms with E-state index in [4.69, 9.17) is 11.6 Å². The summed E-state index contributed by atoms with van der Waals surface area (Å²) in [6, 6.07) is 4.69. The lowest BCUT2D eigenvalue weighted by atomic mass is 9.92. The van der Waals surface area contributed by atoms with Crippen LogP contribution in [-0.4, -0.2) is 43.0 Å². The Kier molecular flexibility index (Phi) is 4.42. The summed E-state index contributed by atoms with van der Waals surface area (Å²) < 4.78 is 13.7. The van der Waals surface area contributed by atoms with Crippen LogP contribution in [0.4, 0.5) is 10.1 Å². The van der Waals surface area contributed by atoms with Gasteiger partial charge in [0.25, 0.3) is 0 Å². The number of rotatable bonds is 3. The molecule has 2 saturated heterocycles. The minimum absolute atomic E-state index is 0.177. The molecule has 1 amide bonds. The number of halogens is 2. The zero-order valence-corrected chi connectivity index (χ0v) is 12.5. The Labute approximate surface area is 128 Å². The summed E-state index contributed by atoms with van der Waals surface area (Å²) >= 11 is 5.70. The molecule has 2 aliphatic heterocycles. The average Bonchev–Trinajstić information content (AvgIpc) is 2.91. The van der Waals surface area contributed by atoms with Crippen molar-refractivity contribution in [1.82, 2.24) is 10.2 Å². The van der Waals surface area contributed by atoms with E-state index in [-0.39, 0.29) is 11.6 Å². The van der Waals surface area contributed by atoms with Gasteiger partial charge in [0.15, 0.2) is 0 Å². The summed E-state index contributed by atoms with van der Waals surface area (Å²) in [6.07, 6.45) is 2.34. The van der Waals surface area contributed by atoms with Gasteiger partial charge in [-0.2, -0.15) is 0 Å². The maximum atomic E-state index is 13.7. The Morgan fingerprint density at radius 1 is 1.48 bits per heavy atom. The highest BCUT2D eigenvalue weighted by molar-refractivity contribution is 6.30. The van der Waals surface area contributed by atoms with E-state index in [9.17, 15) is 9.18 Å². The lowest BCUT2D eigenvalue weighted by Crippen LogP contribution is -2.48. The van der Waals surface area contributed by atoms with Crippen LogP contribution in [0.5, 0.6) is 0 Å². The Morgan fingerprint density at radius 3 is 3.14 bits per heavy atom. The molecule has 4 nitrogen and oxygen atoms in total. The van der Waals surface area contributed by atoms with Crippen LogP contribution in [-0.2, 0) is 4.79 Å². The Balaban J connectivity index is 1.61. The second-order valence-corrected chi connectivity index (χ2v) is 6.21. The van der Waals surface area contributed by atoms with Crippen molar-refractivity contribution >= 4 is 23.2 Å². The van der Waals surface area contributed by atoms with Crippen LogP contribution in [0.1, 0.15) is 12.8 Å². The molecule has 2 fully saturated rings. The highest BCUT2D eigenvalue weighted by Crippen LogP contribution is 2.26. The fourth-order valence-corrected chi connectivity index (χ4v) is 3.48.